The first-order valence-electron chi connectivity index (χ1n) is 32.6. The van der Waals surface area contributed by atoms with Crippen LogP contribution in [0.1, 0.15) is 0 Å². The summed E-state index contributed by atoms with van der Waals surface area (Å²) in [6.07, 6.45) is 7.39. The molecule has 0 aliphatic heterocycles. The molecule has 0 bridgehead atoms. The van der Waals surface area contributed by atoms with Crippen LogP contribution in [0.5, 0.6) is 0 Å². The molecule has 18 aromatic rings. The van der Waals surface area contributed by atoms with Crippen molar-refractivity contribution in [2.24, 2.45) is 0 Å². The minimum Gasteiger partial charge on any atom is -0.256 e. The zero-order valence-electron chi connectivity index (χ0n) is 52.4. The van der Waals surface area contributed by atoms with Crippen molar-refractivity contribution in [3.8, 4) is 89.8 Å². The summed E-state index contributed by atoms with van der Waals surface area (Å²) >= 11 is 0. The maximum absolute atomic E-state index is 5.66. The molecule has 0 fully saturated rings. The molecule has 0 saturated heterocycles. The van der Waals surface area contributed by atoms with Gasteiger partial charge in [0.1, 0.15) is 0 Å². The van der Waals surface area contributed by atoms with E-state index in [1.807, 2.05) is 73.3 Å². The van der Waals surface area contributed by atoms with E-state index < -0.39 is 8.07 Å². The normalized spacial score (nSPS) is 11.7. The highest BCUT2D eigenvalue weighted by molar-refractivity contribution is 7.20. The number of aromatic nitrogens is 8. The highest BCUT2D eigenvalue weighted by atomic mass is 28.3. The third-order valence-electron chi connectivity index (χ3n) is 19.0. The van der Waals surface area contributed by atoms with Gasteiger partial charge in [0.25, 0.3) is 0 Å². The molecular formula is C88H56N8Si. The molecule has 8 heterocycles. The highest BCUT2D eigenvalue weighted by Gasteiger charge is 2.42. The Bertz CT molecular complexity index is 5680. The average Bonchev–Trinajstić information content (AvgIpc) is 1.07. The van der Waals surface area contributed by atoms with Gasteiger partial charge in [-0.2, -0.15) is 0 Å². The predicted molar refractivity (Wildman–Crippen MR) is 401 cm³/mol. The lowest BCUT2D eigenvalue weighted by atomic mass is 9.94. The Balaban J connectivity index is 0.877. The van der Waals surface area contributed by atoms with E-state index in [9.17, 15) is 0 Å². The second kappa shape index (κ2) is 23.9. The number of benzene rings is 10. The standard InChI is InChI=1S/C88H56N8Si/c1-5-23-57(24-6-1)73-53-79(71-39-19-27-59-31-21-49-91-83(59)71)93-85-67(73)43-45-69-75(55-81(95-87(69)85)77-41-13-15-47-89-77)61-29-17-37-65(51-61)97(63-33-9-3-10-34-63,64-35-11-4-12-36-64)66-38-18-30-62(52-66)76-56-82(78-42-14-16-48-90-78)96-88-70(76)46-44-68-74(58-25-7-2-8-26-58)54-80(94-86(68)88)72-40-20-28-60-32-22-50-92-84(60)72/h1-56H. The lowest BCUT2D eigenvalue weighted by molar-refractivity contribution is 1.27. The van der Waals surface area contributed by atoms with E-state index in [0.717, 1.165) is 155 Å². The quantitative estimate of drug-likeness (QED) is 0.0677. The molecule has 97 heavy (non-hydrogen) atoms. The van der Waals surface area contributed by atoms with Crippen molar-refractivity contribution in [3.63, 3.8) is 0 Å². The first-order chi connectivity index (χ1) is 48.1. The highest BCUT2D eigenvalue weighted by Crippen LogP contribution is 2.43. The molecule has 0 unspecified atom stereocenters. The molecule has 0 aliphatic rings. The van der Waals surface area contributed by atoms with Crippen LogP contribution in [0.15, 0.2) is 340 Å². The second-order valence-corrected chi connectivity index (χ2v) is 28.3. The van der Waals surface area contributed by atoms with Crippen LogP contribution in [0.2, 0.25) is 0 Å². The summed E-state index contributed by atoms with van der Waals surface area (Å²) in [5.41, 5.74) is 19.9. The fraction of sp³-hybridized carbons (Fsp3) is 0. The first-order valence-corrected chi connectivity index (χ1v) is 34.6. The third-order valence-corrected chi connectivity index (χ3v) is 23.7. The lowest BCUT2D eigenvalue weighted by Crippen LogP contribution is -2.74. The number of fused-ring (bicyclic) bond motifs is 8. The second-order valence-electron chi connectivity index (χ2n) is 24.5. The summed E-state index contributed by atoms with van der Waals surface area (Å²) in [6.45, 7) is 0. The fourth-order valence-corrected chi connectivity index (χ4v) is 19.4. The van der Waals surface area contributed by atoms with Crippen molar-refractivity contribution >= 4 is 94.2 Å². The molecule has 452 valence electrons. The van der Waals surface area contributed by atoms with E-state index in [-0.39, 0.29) is 0 Å². The van der Waals surface area contributed by atoms with E-state index in [4.69, 9.17) is 39.9 Å². The first kappa shape index (κ1) is 56.9. The van der Waals surface area contributed by atoms with Crippen molar-refractivity contribution in [3.05, 3.63) is 340 Å². The molecule has 8 aromatic heterocycles. The van der Waals surface area contributed by atoms with Crippen molar-refractivity contribution < 1.29 is 0 Å². The van der Waals surface area contributed by atoms with Crippen LogP contribution in [0.3, 0.4) is 0 Å². The number of para-hydroxylation sites is 2. The molecule has 10 aromatic carbocycles. The van der Waals surface area contributed by atoms with Crippen LogP contribution in [0, 0.1) is 0 Å². The Hall–Kier alpha value is -12.8. The van der Waals surface area contributed by atoms with Crippen LogP contribution in [-0.2, 0) is 0 Å². The largest absolute Gasteiger partial charge is 0.256 e. The monoisotopic (exact) mass is 1250 g/mol. The van der Waals surface area contributed by atoms with Gasteiger partial charge in [-0.15, -0.1) is 0 Å². The molecule has 8 nitrogen and oxygen atoms in total. The van der Waals surface area contributed by atoms with Gasteiger partial charge in [-0.1, -0.05) is 255 Å². The van der Waals surface area contributed by atoms with E-state index >= 15 is 0 Å². The van der Waals surface area contributed by atoms with Gasteiger partial charge in [0.15, 0.2) is 8.07 Å². The van der Waals surface area contributed by atoms with Crippen LogP contribution in [0.25, 0.3) is 155 Å². The Morgan fingerprint density at radius 3 is 0.907 bits per heavy atom. The van der Waals surface area contributed by atoms with Gasteiger partial charge in [0.05, 0.1) is 67.3 Å². The van der Waals surface area contributed by atoms with Gasteiger partial charge in [0.2, 0.25) is 0 Å². The topological polar surface area (TPSA) is 103 Å². The SMILES string of the molecule is c1ccc(-c2cc(-c3cccc4cccnc34)nc3c2ccc2c(-c4cccc([Si](c5ccccc5)(c5ccccc5)c5cccc(-c6cc(-c7ccccn7)nc7c6ccc6c(-c8ccccc8)cc(-c8cccc9cccnc89)nc67)c5)c4)cc(-c4ccccn4)nc23)cc1. The van der Waals surface area contributed by atoms with Gasteiger partial charge in [-0.25, -0.2) is 19.9 Å². The number of hydrogen-bond acceptors (Lipinski definition) is 8. The molecule has 0 saturated carbocycles. The molecule has 9 heteroatoms. The summed E-state index contributed by atoms with van der Waals surface area (Å²) in [7, 11) is -3.32. The number of hydrogen-bond donors (Lipinski definition) is 0. The summed E-state index contributed by atoms with van der Waals surface area (Å²) in [4.78, 5) is 42.3. The number of pyridine rings is 8. The maximum Gasteiger partial charge on any atom is 0.179 e. The smallest absolute Gasteiger partial charge is 0.179 e. The molecule has 0 atom stereocenters. The van der Waals surface area contributed by atoms with Crippen molar-refractivity contribution in [2.75, 3.05) is 0 Å². The zero-order chi connectivity index (χ0) is 64.2. The van der Waals surface area contributed by atoms with Crippen molar-refractivity contribution in [1.82, 2.24) is 39.9 Å². The lowest BCUT2D eigenvalue weighted by Gasteiger charge is -2.35. The molecule has 0 radical (unpaired) electrons. The molecular weight excluding hydrogens is 1200 g/mol. The third kappa shape index (κ3) is 9.91. The van der Waals surface area contributed by atoms with Crippen molar-refractivity contribution in [2.45, 2.75) is 0 Å². The summed E-state index contributed by atoms with van der Waals surface area (Å²) in [6, 6.07) is 113. The van der Waals surface area contributed by atoms with Crippen LogP contribution in [0.4, 0.5) is 0 Å². The van der Waals surface area contributed by atoms with Crippen LogP contribution >= 0.6 is 0 Å². The molecule has 0 spiro atoms. The summed E-state index contributed by atoms with van der Waals surface area (Å²) < 4.78 is 0. The fourth-order valence-electron chi connectivity index (χ4n) is 14.5. The summed E-state index contributed by atoms with van der Waals surface area (Å²) in [5, 5.41) is 11.0. The predicted octanol–water partition coefficient (Wildman–Crippen LogP) is 18.5. The molecule has 18 rings (SSSR count). The van der Waals surface area contributed by atoms with Crippen LogP contribution < -0.4 is 20.7 Å². The minimum atomic E-state index is -3.32. The minimum absolute atomic E-state index is 0.749. The van der Waals surface area contributed by atoms with Gasteiger partial charge in [0, 0.05) is 68.2 Å². The van der Waals surface area contributed by atoms with Gasteiger partial charge in [-0.05, 0) is 126 Å². The Kier molecular flexibility index (Phi) is 14.0. The van der Waals surface area contributed by atoms with E-state index in [2.05, 4.69) is 267 Å². The average molecular weight is 1250 g/mol. The van der Waals surface area contributed by atoms with Crippen LogP contribution in [-0.4, -0.2) is 47.9 Å². The maximum atomic E-state index is 5.66. The molecule has 0 aliphatic carbocycles. The summed E-state index contributed by atoms with van der Waals surface area (Å²) in [5.74, 6) is 0. The van der Waals surface area contributed by atoms with Gasteiger partial charge >= 0.3 is 0 Å². The van der Waals surface area contributed by atoms with E-state index in [1.165, 1.54) is 20.7 Å². The molecule has 0 N–H and O–H groups in total. The Morgan fingerprint density at radius 2 is 0.505 bits per heavy atom. The Morgan fingerprint density at radius 1 is 0.186 bits per heavy atom. The van der Waals surface area contributed by atoms with Gasteiger partial charge in [-0.3, -0.25) is 19.9 Å². The zero-order valence-corrected chi connectivity index (χ0v) is 53.4. The van der Waals surface area contributed by atoms with E-state index in [1.54, 1.807) is 0 Å². The Labute approximate surface area is 560 Å². The number of nitrogens with zero attached hydrogens (tertiary/aromatic N) is 8. The number of rotatable bonds is 12. The van der Waals surface area contributed by atoms with Gasteiger partial charge < -0.3 is 0 Å². The van der Waals surface area contributed by atoms with Crippen molar-refractivity contribution in [1.29, 1.82) is 0 Å². The van der Waals surface area contributed by atoms with E-state index in [0.29, 0.717) is 0 Å². The molecule has 0 amide bonds.